The third-order valence-electron chi connectivity index (χ3n) is 3.08. The van der Waals surface area contributed by atoms with Crippen LogP contribution in [0.5, 0.6) is 0 Å². The monoisotopic (exact) mass is 261 g/mol. The highest BCUT2D eigenvalue weighted by Crippen LogP contribution is 2.52. The van der Waals surface area contributed by atoms with Gasteiger partial charge in [0.25, 0.3) is 0 Å². The van der Waals surface area contributed by atoms with Crippen molar-refractivity contribution in [2.24, 2.45) is 5.41 Å². The number of hydrogen-bond acceptors (Lipinski definition) is 2. The predicted molar refractivity (Wildman–Crippen MR) is 79.8 cm³/mol. The maximum absolute atomic E-state index is 6.02. The van der Waals surface area contributed by atoms with Gasteiger partial charge in [-0.25, -0.2) is 0 Å². The molecule has 17 heavy (non-hydrogen) atoms. The van der Waals surface area contributed by atoms with E-state index in [0.29, 0.717) is 5.78 Å². The van der Waals surface area contributed by atoms with E-state index >= 15 is 0 Å². The molecule has 2 atom stereocenters. The van der Waals surface area contributed by atoms with Crippen molar-refractivity contribution in [3.8, 4) is 0 Å². The van der Waals surface area contributed by atoms with Crippen molar-refractivity contribution < 1.29 is 4.52 Å². The molecule has 0 fully saturated rings. The Balaban J connectivity index is 5.13. The maximum atomic E-state index is 6.02. The van der Waals surface area contributed by atoms with Crippen molar-refractivity contribution in [1.29, 1.82) is 0 Å². The van der Waals surface area contributed by atoms with Crippen LogP contribution in [0.2, 0.25) is 0 Å². The number of rotatable bonds is 5. The van der Waals surface area contributed by atoms with Gasteiger partial charge in [-0.1, -0.05) is 27.7 Å². The van der Waals surface area contributed by atoms with Crippen molar-refractivity contribution in [2.45, 2.75) is 66.7 Å². The minimum atomic E-state index is -0.388. The van der Waals surface area contributed by atoms with Crippen LogP contribution in [0.25, 0.3) is 0 Å². The fraction of sp³-hybridized carbons (Fsp3) is 1.00. The van der Waals surface area contributed by atoms with Gasteiger partial charge in [0.15, 0.2) is 0 Å². The molecule has 0 saturated carbocycles. The molecule has 3 heteroatoms. The van der Waals surface area contributed by atoms with Crippen LogP contribution in [0.4, 0.5) is 0 Å². The van der Waals surface area contributed by atoms with Gasteiger partial charge >= 0.3 is 0 Å². The smallest absolute Gasteiger partial charge is 0.0592 e. The summed E-state index contributed by atoms with van der Waals surface area (Å²) >= 11 is 0. The molecule has 2 unspecified atom stereocenters. The lowest BCUT2D eigenvalue weighted by molar-refractivity contribution is 0.0903. The normalized spacial score (nSPS) is 17.3. The Kier molecular flexibility index (Phi) is 6.63. The molecule has 0 amide bonds. The average molecular weight is 261 g/mol. The molecule has 0 aromatic heterocycles. The van der Waals surface area contributed by atoms with Crippen LogP contribution in [-0.4, -0.2) is 36.0 Å². The van der Waals surface area contributed by atoms with Gasteiger partial charge in [0.2, 0.25) is 0 Å². The second-order valence-electron chi connectivity index (χ2n) is 6.67. The van der Waals surface area contributed by atoms with Crippen LogP contribution < -0.4 is 0 Å². The summed E-state index contributed by atoms with van der Waals surface area (Å²) in [6.45, 7) is 19.0. The first-order valence-electron chi connectivity index (χ1n) is 6.68. The topological polar surface area (TPSA) is 12.5 Å². The minimum Gasteiger partial charge on any atom is -0.358 e. The number of hydrogen-bond donors (Lipinski definition) is 0. The summed E-state index contributed by atoms with van der Waals surface area (Å²) < 4.78 is 6.02. The van der Waals surface area contributed by atoms with Gasteiger partial charge < -0.3 is 4.52 Å². The molecule has 0 aromatic rings. The van der Waals surface area contributed by atoms with E-state index in [-0.39, 0.29) is 19.1 Å². The highest BCUT2D eigenvalue weighted by Gasteiger charge is 2.39. The van der Waals surface area contributed by atoms with Gasteiger partial charge in [-0.2, -0.15) is 0 Å². The molecule has 0 aliphatic heterocycles. The van der Waals surface area contributed by atoms with Gasteiger partial charge in [0.05, 0.1) is 5.78 Å². The summed E-state index contributed by atoms with van der Waals surface area (Å²) in [4.78, 5) is 2.50. The van der Waals surface area contributed by atoms with E-state index in [1.54, 1.807) is 0 Å². The molecule has 0 saturated heterocycles. The molecule has 0 heterocycles. The van der Waals surface area contributed by atoms with Gasteiger partial charge in [0, 0.05) is 20.3 Å². The second kappa shape index (κ2) is 6.50. The summed E-state index contributed by atoms with van der Waals surface area (Å²) in [5, 5.41) is 0. The van der Waals surface area contributed by atoms with E-state index in [0.717, 1.165) is 12.8 Å². The molecule has 0 radical (unpaired) electrons. The van der Waals surface area contributed by atoms with Gasteiger partial charge in [-0.05, 0) is 46.3 Å². The van der Waals surface area contributed by atoms with E-state index in [4.69, 9.17) is 4.52 Å². The van der Waals surface area contributed by atoms with E-state index in [2.05, 4.69) is 67.3 Å². The average Bonchev–Trinajstić information content (AvgIpc) is 2.13. The van der Waals surface area contributed by atoms with Crippen LogP contribution in [0.15, 0.2) is 0 Å². The summed E-state index contributed by atoms with van der Waals surface area (Å²) in [5.41, 5.74) is 0.434. The molecule has 0 N–H and O–H groups in total. The zero-order valence-electron chi connectivity index (χ0n) is 13.3. The molecule has 0 spiro atoms. The standard InChI is InChI=1S/C14H32NOP/c1-10-16-17(11-2)12(13(3,4)5)15(9)14(6,7)8/h12H,10-11H2,1-9H3. The molecule has 104 valence electrons. The molecule has 2 nitrogen and oxygen atoms in total. The van der Waals surface area contributed by atoms with Gasteiger partial charge in [-0.3, -0.25) is 4.90 Å². The molecule has 0 aliphatic carbocycles. The lowest BCUT2D eigenvalue weighted by Gasteiger charge is -2.48. The Morgan fingerprint density at radius 3 is 1.76 bits per heavy atom. The Labute approximate surface area is 110 Å². The third-order valence-corrected chi connectivity index (χ3v) is 5.96. The van der Waals surface area contributed by atoms with E-state index < -0.39 is 0 Å². The lowest BCUT2D eigenvalue weighted by Crippen LogP contribution is -2.50. The van der Waals surface area contributed by atoms with Crippen molar-refractivity contribution >= 4 is 8.15 Å². The minimum absolute atomic E-state index is 0.185. The third kappa shape index (κ3) is 5.24. The summed E-state index contributed by atoms with van der Waals surface area (Å²) in [6.07, 6.45) is 1.13. The predicted octanol–water partition coefficient (Wildman–Crippen LogP) is 4.54. The highest BCUT2D eigenvalue weighted by atomic mass is 31.1. The van der Waals surface area contributed by atoms with Crippen LogP contribution >= 0.6 is 8.15 Å². The van der Waals surface area contributed by atoms with Crippen LogP contribution in [0.1, 0.15) is 55.4 Å². The lowest BCUT2D eigenvalue weighted by atomic mass is 9.93. The molecule has 0 rings (SSSR count). The largest absolute Gasteiger partial charge is 0.358 e. The fourth-order valence-electron chi connectivity index (χ4n) is 2.07. The van der Waals surface area contributed by atoms with Crippen LogP contribution in [0.3, 0.4) is 0 Å². The van der Waals surface area contributed by atoms with E-state index in [1.807, 2.05) is 0 Å². The van der Waals surface area contributed by atoms with Crippen molar-refractivity contribution in [3.05, 3.63) is 0 Å². The maximum Gasteiger partial charge on any atom is 0.0592 e. The van der Waals surface area contributed by atoms with Crippen LogP contribution in [-0.2, 0) is 4.52 Å². The van der Waals surface area contributed by atoms with Gasteiger partial charge in [-0.15, -0.1) is 0 Å². The second-order valence-corrected chi connectivity index (χ2v) is 8.89. The zero-order valence-corrected chi connectivity index (χ0v) is 14.2. The van der Waals surface area contributed by atoms with E-state index in [1.165, 1.54) is 0 Å². The fourth-order valence-corrected chi connectivity index (χ4v) is 4.67. The SMILES string of the molecule is CCOP(CC)C(N(C)C(C)(C)C)C(C)(C)C. The molecule has 0 aromatic carbocycles. The summed E-state index contributed by atoms with van der Waals surface area (Å²) in [6, 6.07) is 0. The Morgan fingerprint density at radius 2 is 1.53 bits per heavy atom. The van der Waals surface area contributed by atoms with Crippen molar-refractivity contribution in [1.82, 2.24) is 4.90 Å². The highest BCUT2D eigenvalue weighted by molar-refractivity contribution is 7.53. The molecular weight excluding hydrogens is 229 g/mol. The Hall–Kier alpha value is 0.350. The van der Waals surface area contributed by atoms with Crippen molar-refractivity contribution in [3.63, 3.8) is 0 Å². The Bertz CT molecular complexity index is 217. The van der Waals surface area contributed by atoms with Gasteiger partial charge in [0.1, 0.15) is 0 Å². The van der Waals surface area contributed by atoms with Crippen molar-refractivity contribution in [2.75, 3.05) is 19.8 Å². The summed E-state index contributed by atoms with van der Waals surface area (Å²) in [7, 11) is 1.85. The molecule has 0 aliphatic rings. The van der Waals surface area contributed by atoms with E-state index in [9.17, 15) is 0 Å². The number of nitrogens with zero attached hydrogens (tertiary/aromatic N) is 1. The van der Waals surface area contributed by atoms with Crippen LogP contribution in [0, 0.1) is 5.41 Å². The Morgan fingerprint density at radius 1 is 1.06 bits per heavy atom. The first-order chi connectivity index (χ1) is 7.55. The quantitative estimate of drug-likeness (QED) is 0.674. The molecular formula is C14H32NOP. The molecule has 0 bridgehead atoms. The summed E-state index contributed by atoms with van der Waals surface area (Å²) in [5.74, 6) is 0.502. The first kappa shape index (κ1) is 17.4. The zero-order chi connectivity index (χ0) is 13.9. The first-order valence-corrected chi connectivity index (χ1v) is 8.19.